The highest BCUT2D eigenvalue weighted by Gasteiger charge is 2.36. The highest BCUT2D eigenvalue weighted by Crippen LogP contribution is 2.28. The average Bonchev–Trinajstić information content (AvgIpc) is 2.29. The van der Waals surface area contributed by atoms with Crippen LogP contribution in [0.4, 0.5) is 0 Å². The summed E-state index contributed by atoms with van der Waals surface area (Å²) >= 11 is 0. The maximum Gasteiger partial charge on any atom is 0.322 e. The molecule has 3 rings (SSSR count). The summed E-state index contributed by atoms with van der Waals surface area (Å²) < 4.78 is 11.1. The third-order valence-corrected chi connectivity index (χ3v) is 3.26. The van der Waals surface area contributed by atoms with Crippen molar-refractivity contribution in [3.63, 3.8) is 0 Å². The second-order valence-corrected chi connectivity index (χ2v) is 4.19. The van der Waals surface area contributed by atoms with E-state index in [0.717, 1.165) is 45.3 Å². The summed E-state index contributed by atoms with van der Waals surface area (Å²) in [6, 6.07) is 0.547. The van der Waals surface area contributed by atoms with E-state index in [2.05, 4.69) is 15.1 Å². The monoisotopic (exact) mass is 211 g/mol. The van der Waals surface area contributed by atoms with Crippen molar-refractivity contribution in [2.75, 3.05) is 46.4 Å². The molecule has 5 heteroatoms. The standard InChI is InChI=1S/C10H17N3O2/c1-11-8-6-12-2-4-14-10-9(12)13(7-8)3-5-15-10/h8,11H,2-7H2,1H3. The second-order valence-electron chi connectivity index (χ2n) is 4.19. The smallest absolute Gasteiger partial charge is 0.322 e. The van der Waals surface area contributed by atoms with Gasteiger partial charge in [0.25, 0.3) is 0 Å². The van der Waals surface area contributed by atoms with E-state index < -0.39 is 0 Å². The molecule has 0 aromatic carbocycles. The van der Waals surface area contributed by atoms with Gasteiger partial charge in [0.1, 0.15) is 13.2 Å². The molecule has 0 unspecified atom stereocenters. The van der Waals surface area contributed by atoms with Crippen LogP contribution in [0.15, 0.2) is 11.8 Å². The quantitative estimate of drug-likeness (QED) is 0.625. The summed E-state index contributed by atoms with van der Waals surface area (Å²) in [4.78, 5) is 4.73. The molecule has 0 amide bonds. The minimum atomic E-state index is 0.547. The van der Waals surface area contributed by atoms with Crippen molar-refractivity contribution in [2.45, 2.75) is 6.04 Å². The maximum atomic E-state index is 5.54. The molecule has 15 heavy (non-hydrogen) atoms. The van der Waals surface area contributed by atoms with Crippen LogP contribution in [-0.4, -0.2) is 62.3 Å². The van der Waals surface area contributed by atoms with Crippen LogP contribution in [0.3, 0.4) is 0 Å². The van der Waals surface area contributed by atoms with Gasteiger partial charge in [0.05, 0.1) is 13.1 Å². The van der Waals surface area contributed by atoms with Crippen LogP contribution >= 0.6 is 0 Å². The fourth-order valence-corrected chi connectivity index (χ4v) is 2.47. The van der Waals surface area contributed by atoms with E-state index in [-0.39, 0.29) is 0 Å². The molecule has 0 atom stereocenters. The van der Waals surface area contributed by atoms with Crippen LogP contribution in [-0.2, 0) is 9.47 Å². The minimum absolute atomic E-state index is 0.547. The zero-order chi connectivity index (χ0) is 10.3. The van der Waals surface area contributed by atoms with Crippen molar-refractivity contribution in [3.8, 4) is 0 Å². The third kappa shape index (κ3) is 1.42. The lowest BCUT2D eigenvalue weighted by Crippen LogP contribution is -2.58. The Hall–Kier alpha value is -1.10. The number of likely N-dealkylation sites (N-methyl/N-ethyl adjacent to an activating group) is 1. The number of ether oxygens (including phenoxy) is 2. The molecule has 3 heterocycles. The van der Waals surface area contributed by atoms with Crippen LogP contribution in [0, 0.1) is 0 Å². The fraction of sp³-hybridized carbons (Fsp3) is 0.800. The van der Waals surface area contributed by atoms with E-state index in [0.29, 0.717) is 6.04 Å². The Labute approximate surface area is 89.6 Å². The molecule has 5 nitrogen and oxygen atoms in total. The van der Waals surface area contributed by atoms with Gasteiger partial charge in [0.2, 0.25) is 0 Å². The van der Waals surface area contributed by atoms with Crippen LogP contribution in [0.1, 0.15) is 0 Å². The average molecular weight is 211 g/mol. The Morgan fingerprint density at radius 2 is 1.73 bits per heavy atom. The molecule has 0 aromatic heterocycles. The number of nitrogens with zero attached hydrogens (tertiary/aromatic N) is 2. The van der Waals surface area contributed by atoms with Crippen molar-refractivity contribution >= 4 is 0 Å². The lowest BCUT2D eigenvalue weighted by atomic mass is 10.1. The van der Waals surface area contributed by atoms with Gasteiger partial charge in [-0.2, -0.15) is 0 Å². The van der Waals surface area contributed by atoms with Crippen molar-refractivity contribution in [1.29, 1.82) is 0 Å². The van der Waals surface area contributed by atoms with Gasteiger partial charge in [-0.25, -0.2) is 0 Å². The van der Waals surface area contributed by atoms with Gasteiger partial charge < -0.3 is 24.6 Å². The molecule has 0 radical (unpaired) electrons. The summed E-state index contributed by atoms with van der Waals surface area (Å²) in [5.74, 6) is 1.90. The van der Waals surface area contributed by atoms with Gasteiger partial charge in [-0.3, -0.25) is 0 Å². The van der Waals surface area contributed by atoms with Gasteiger partial charge >= 0.3 is 5.95 Å². The predicted molar refractivity (Wildman–Crippen MR) is 54.9 cm³/mol. The van der Waals surface area contributed by atoms with Gasteiger partial charge in [-0.05, 0) is 7.05 Å². The molecule has 1 saturated heterocycles. The first-order chi connectivity index (χ1) is 7.38. The lowest BCUT2D eigenvalue weighted by molar-refractivity contribution is -0.0662. The van der Waals surface area contributed by atoms with E-state index in [1.807, 2.05) is 7.05 Å². The van der Waals surface area contributed by atoms with E-state index in [9.17, 15) is 0 Å². The van der Waals surface area contributed by atoms with E-state index in [4.69, 9.17) is 9.47 Å². The van der Waals surface area contributed by atoms with Gasteiger partial charge in [0.15, 0.2) is 5.82 Å². The predicted octanol–water partition coefficient (Wildman–Crippen LogP) is -0.621. The van der Waals surface area contributed by atoms with Gasteiger partial charge in [-0.15, -0.1) is 0 Å². The Balaban J connectivity index is 1.90. The Morgan fingerprint density at radius 1 is 1.13 bits per heavy atom. The number of hydrogen-bond donors (Lipinski definition) is 1. The lowest BCUT2D eigenvalue weighted by Gasteiger charge is -2.48. The van der Waals surface area contributed by atoms with E-state index in [1.165, 1.54) is 5.82 Å². The minimum Gasteiger partial charge on any atom is -0.461 e. The first-order valence-electron chi connectivity index (χ1n) is 5.55. The van der Waals surface area contributed by atoms with Crippen LogP contribution in [0.2, 0.25) is 0 Å². The molecular weight excluding hydrogens is 194 g/mol. The molecule has 1 N–H and O–H groups in total. The largest absolute Gasteiger partial charge is 0.461 e. The molecule has 1 fully saturated rings. The molecule has 84 valence electrons. The summed E-state index contributed by atoms with van der Waals surface area (Å²) in [7, 11) is 2.03. The van der Waals surface area contributed by atoms with E-state index >= 15 is 0 Å². The van der Waals surface area contributed by atoms with Crippen molar-refractivity contribution in [3.05, 3.63) is 11.8 Å². The summed E-state index contributed by atoms with van der Waals surface area (Å²) in [6.07, 6.45) is 0. The molecule has 0 saturated carbocycles. The maximum absolute atomic E-state index is 5.54. The van der Waals surface area contributed by atoms with Crippen molar-refractivity contribution in [2.24, 2.45) is 0 Å². The zero-order valence-corrected chi connectivity index (χ0v) is 9.03. The second kappa shape index (κ2) is 3.48. The molecule has 0 spiro atoms. The fourth-order valence-electron chi connectivity index (χ4n) is 2.47. The van der Waals surface area contributed by atoms with E-state index in [1.54, 1.807) is 0 Å². The Morgan fingerprint density at radius 3 is 2.27 bits per heavy atom. The number of hydrogen-bond acceptors (Lipinski definition) is 5. The molecule has 0 bridgehead atoms. The first-order valence-corrected chi connectivity index (χ1v) is 5.55. The first kappa shape index (κ1) is 9.15. The third-order valence-electron chi connectivity index (χ3n) is 3.26. The normalized spacial score (nSPS) is 25.9. The summed E-state index contributed by atoms with van der Waals surface area (Å²) in [6.45, 7) is 5.52. The van der Waals surface area contributed by atoms with Crippen LogP contribution in [0.25, 0.3) is 0 Å². The van der Waals surface area contributed by atoms with Crippen LogP contribution in [0.5, 0.6) is 0 Å². The summed E-state index contributed by atoms with van der Waals surface area (Å²) in [5, 5.41) is 3.35. The highest BCUT2D eigenvalue weighted by atomic mass is 16.7. The van der Waals surface area contributed by atoms with Crippen LogP contribution < -0.4 is 5.32 Å². The highest BCUT2D eigenvalue weighted by molar-refractivity contribution is 5.11. The number of nitrogens with one attached hydrogen (secondary N) is 1. The Bertz CT molecular complexity index is 268. The molecule has 0 aromatic rings. The number of rotatable bonds is 1. The van der Waals surface area contributed by atoms with Gasteiger partial charge in [-0.1, -0.05) is 0 Å². The Kier molecular flexibility index (Phi) is 2.12. The molecular formula is C10H17N3O2. The zero-order valence-electron chi connectivity index (χ0n) is 9.03. The SMILES string of the molecule is CNC1CN2CCOC3=C2N(CCO3)C1. The van der Waals surface area contributed by atoms with Crippen molar-refractivity contribution in [1.82, 2.24) is 15.1 Å². The molecule has 3 aliphatic rings. The van der Waals surface area contributed by atoms with Gasteiger partial charge in [0, 0.05) is 19.1 Å². The molecule has 3 aliphatic heterocycles. The molecule has 0 aliphatic carbocycles. The topological polar surface area (TPSA) is 37.0 Å². The summed E-state index contributed by atoms with van der Waals surface area (Å²) in [5.41, 5.74) is 0. The van der Waals surface area contributed by atoms with Crippen molar-refractivity contribution < 1.29 is 9.47 Å².